The lowest BCUT2D eigenvalue weighted by Gasteiger charge is -2.26. The first-order valence-corrected chi connectivity index (χ1v) is 11.9. The number of carbonyl (C=O) groups excluding carboxylic acids is 3. The van der Waals surface area contributed by atoms with Gasteiger partial charge in [0.25, 0.3) is 0 Å². The van der Waals surface area contributed by atoms with E-state index in [2.05, 4.69) is 16.0 Å². The third kappa shape index (κ3) is 11.3. The van der Waals surface area contributed by atoms with Crippen LogP contribution in [-0.4, -0.2) is 64.0 Å². The smallest absolute Gasteiger partial charge is 0.326 e. The van der Waals surface area contributed by atoms with Gasteiger partial charge in [0.05, 0.1) is 12.5 Å². The van der Waals surface area contributed by atoms with Gasteiger partial charge in [0.2, 0.25) is 17.7 Å². The Balaban J connectivity index is 3.12. The standard InChI is InChI=1S/C25H38N4O7/c1-14(2)10-17(26)22(32)27-18(11-15(3)4)23(33)28-19(12-16-8-6-5-7-9-16)24(34)29-20(25(35)36)13-21(30)31/h5-9,14-15,17-20H,10-13,26H2,1-4H3,(H,27,32)(H,28,33)(H,29,34)(H,30,31)(H,35,36). The molecule has 1 rings (SSSR count). The molecule has 0 bridgehead atoms. The lowest BCUT2D eigenvalue weighted by Crippen LogP contribution is -2.58. The Morgan fingerprint density at radius 3 is 1.75 bits per heavy atom. The Kier molecular flexibility index (Phi) is 12.6. The summed E-state index contributed by atoms with van der Waals surface area (Å²) < 4.78 is 0. The summed E-state index contributed by atoms with van der Waals surface area (Å²) in [5, 5.41) is 25.7. The molecule has 4 unspecified atom stereocenters. The van der Waals surface area contributed by atoms with Crippen molar-refractivity contribution >= 4 is 29.7 Å². The second-order valence-corrected chi connectivity index (χ2v) is 9.67. The Morgan fingerprint density at radius 1 is 0.750 bits per heavy atom. The number of hydrogen-bond donors (Lipinski definition) is 6. The van der Waals surface area contributed by atoms with Crippen molar-refractivity contribution in [3.05, 3.63) is 35.9 Å². The number of nitrogens with one attached hydrogen (secondary N) is 3. The minimum atomic E-state index is -1.68. The van der Waals surface area contributed by atoms with Crippen LogP contribution in [0, 0.1) is 11.8 Å². The van der Waals surface area contributed by atoms with E-state index >= 15 is 0 Å². The number of hydrogen-bond acceptors (Lipinski definition) is 6. The van der Waals surface area contributed by atoms with E-state index in [-0.39, 0.29) is 24.7 Å². The number of rotatable bonds is 15. The van der Waals surface area contributed by atoms with E-state index in [9.17, 15) is 29.1 Å². The Bertz CT molecular complexity index is 905. The summed E-state index contributed by atoms with van der Waals surface area (Å²) in [5.74, 6) is -4.68. The maximum absolute atomic E-state index is 13.2. The summed E-state index contributed by atoms with van der Waals surface area (Å²) in [6.07, 6.45) is -0.0939. The van der Waals surface area contributed by atoms with Crippen molar-refractivity contribution in [3.8, 4) is 0 Å². The van der Waals surface area contributed by atoms with Crippen LogP contribution in [0.15, 0.2) is 30.3 Å². The molecule has 0 aliphatic rings. The van der Waals surface area contributed by atoms with E-state index in [1.807, 2.05) is 27.7 Å². The number of nitrogens with two attached hydrogens (primary N) is 1. The number of aliphatic carboxylic acids is 2. The number of carboxylic acid groups (broad SMARTS) is 2. The van der Waals surface area contributed by atoms with Gasteiger partial charge in [-0.3, -0.25) is 19.2 Å². The van der Waals surface area contributed by atoms with Crippen molar-refractivity contribution in [2.75, 3.05) is 0 Å². The van der Waals surface area contributed by atoms with Crippen LogP contribution in [0.3, 0.4) is 0 Å². The van der Waals surface area contributed by atoms with E-state index in [1.54, 1.807) is 30.3 Å². The van der Waals surface area contributed by atoms with Gasteiger partial charge in [-0.25, -0.2) is 4.79 Å². The zero-order valence-corrected chi connectivity index (χ0v) is 21.2. The van der Waals surface area contributed by atoms with Gasteiger partial charge in [0, 0.05) is 6.42 Å². The molecule has 200 valence electrons. The number of carbonyl (C=O) groups is 5. The molecule has 0 saturated carbocycles. The van der Waals surface area contributed by atoms with Crippen molar-refractivity contribution in [1.29, 1.82) is 0 Å². The fourth-order valence-electron chi connectivity index (χ4n) is 3.57. The highest BCUT2D eigenvalue weighted by molar-refractivity contribution is 5.94. The van der Waals surface area contributed by atoms with Crippen LogP contribution < -0.4 is 21.7 Å². The molecule has 3 amide bonds. The molecular weight excluding hydrogens is 468 g/mol. The van der Waals surface area contributed by atoms with Crippen molar-refractivity contribution in [3.63, 3.8) is 0 Å². The summed E-state index contributed by atoms with van der Waals surface area (Å²) in [6.45, 7) is 7.59. The minimum Gasteiger partial charge on any atom is -0.481 e. The van der Waals surface area contributed by atoms with E-state index in [1.165, 1.54) is 0 Å². The maximum Gasteiger partial charge on any atom is 0.326 e. The van der Waals surface area contributed by atoms with Crippen molar-refractivity contribution in [2.24, 2.45) is 17.6 Å². The lowest BCUT2D eigenvalue weighted by molar-refractivity contribution is -0.147. The van der Waals surface area contributed by atoms with Gasteiger partial charge in [0.15, 0.2) is 0 Å². The quantitative estimate of drug-likeness (QED) is 0.200. The predicted molar refractivity (Wildman–Crippen MR) is 133 cm³/mol. The van der Waals surface area contributed by atoms with Crippen LogP contribution in [0.25, 0.3) is 0 Å². The van der Waals surface area contributed by atoms with Gasteiger partial charge in [-0.2, -0.15) is 0 Å². The third-order valence-corrected chi connectivity index (χ3v) is 5.31. The molecule has 0 aliphatic carbocycles. The number of carboxylic acids is 2. The Labute approximate surface area is 211 Å². The highest BCUT2D eigenvalue weighted by atomic mass is 16.4. The van der Waals surface area contributed by atoms with Gasteiger partial charge < -0.3 is 31.9 Å². The fraction of sp³-hybridized carbons (Fsp3) is 0.560. The molecule has 11 nitrogen and oxygen atoms in total. The van der Waals surface area contributed by atoms with E-state index in [0.717, 1.165) is 0 Å². The topological polar surface area (TPSA) is 188 Å². The Hall–Kier alpha value is -3.47. The molecule has 4 atom stereocenters. The van der Waals surface area contributed by atoms with Crippen molar-refractivity contribution in [1.82, 2.24) is 16.0 Å². The second-order valence-electron chi connectivity index (χ2n) is 9.67. The molecule has 0 radical (unpaired) electrons. The van der Waals surface area contributed by atoms with Gasteiger partial charge in [-0.1, -0.05) is 58.0 Å². The second kappa shape index (κ2) is 14.8. The highest BCUT2D eigenvalue weighted by Crippen LogP contribution is 2.10. The summed E-state index contributed by atoms with van der Waals surface area (Å²) in [4.78, 5) is 61.2. The summed E-state index contributed by atoms with van der Waals surface area (Å²) in [5.41, 5.74) is 6.65. The number of amides is 3. The first-order chi connectivity index (χ1) is 16.8. The monoisotopic (exact) mass is 506 g/mol. The highest BCUT2D eigenvalue weighted by Gasteiger charge is 2.31. The molecule has 0 aliphatic heterocycles. The fourth-order valence-corrected chi connectivity index (χ4v) is 3.57. The van der Waals surface area contributed by atoms with Gasteiger partial charge >= 0.3 is 11.9 Å². The van der Waals surface area contributed by atoms with E-state index in [4.69, 9.17) is 10.8 Å². The van der Waals surface area contributed by atoms with Crippen LogP contribution in [0.4, 0.5) is 0 Å². The molecule has 1 aromatic rings. The molecule has 0 saturated heterocycles. The molecule has 0 spiro atoms. The molecule has 1 aromatic carbocycles. The van der Waals surface area contributed by atoms with Gasteiger partial charge in [0.1, 0.15) is 18.1 Å². The first kappa shape index (κ1) is 30.6. The summed E-state index contributed by atoms with van der Waals surface area (Å²) >= 11 is 0. The van der Waals surface area contributed by atoms with E-state index in [0.29, 0.717) is 12.0 Å². The zero-order valence-electron chi connectivity index (χ0n) is 21.2. The zero-order chi connectivity index (χ0) is 27.4. The van der Waals surface area contributed by atoms with Crippen molar-refractivity contribution < 1.29 is 34.2 Å². The third-order valence-electron chi connectivity index (χ3n) is 5.31. The molecule has 11 heteroatoms. The van der Waals surface area contributed by atoms with Crippen LogP contribution >= 0.6 is 0 Å². The van der Waals surface area contributed by atoms with Crippen LogP contribution in [0.2, 0.25) is 0 Å². The molecule has 7 N–H and O–H groups in total. The summed E-state index contributed by atoms with van der Waals surface area (Å²) in [7, 11) is 0. The molecule has 0 aromatic heterocycles. The minimum absolute atomic E-state index is 0.0209. The molecule has 0 fully saturated rings. The average Bonchev–Trinajstić information content (AvgIpc) is 2.77. The van der Waals surface area contributed by atoms with Gasteiger partial charge in [-0.05, 0) is 30.2 Å². The summed E-state index contributed by atoms with van der Waals surface area (Å²) in [6, 6.07) is 4.06. The van der Waals surface area contributed by atoms with E-state index < -0.39 is 60.2 Å². The largest absolute Gasteiger partial charge is 0.481 e. The SMILES string of the molecule is CC(C)CC(N)C(=O)NC(CC(C)C)C(=O)NC(Cc1ccccc1)C(=O)NC(CC(=O)O)C(=O)O. The lowest BCUT2D eigenvalue weighted by atomic mass is 9.99. The first-order valence-electron chi connectivity index (χ1n) is 11.9. The predicted octanol–water partition coefficient (Wildman–Crippen LogP) is 0.662. The maximum atomic E-state index is 13.2. The number of benzene rings is 1. The van der Waals surface area contributed by atoms with Crippen LogP contribution in [0.5, 0.6) is 0 Å². The normalized spacial score (nSPS) is 14.4. The average molecular weight is 507 g/mol. The molecular formula is C25H38N4O7. The van der Waals surface area contributed by atoms with Gasteiger partial charge in [-0.15, -0.1) is 0 Å². The van der Waals surface area contributed by atoms with Crippen LogP contribution in [-0.2, 0) is 30.4 Å². The molecule has 0 heterocycles. The van der Waals surface area contributed by atoms with Crippen LogP contribution in [0.1, 0.15) is 52.5 Å². The Morgan fingerprint density at radius 2 is 1.25 bits per heavy atom. The molecule has 36 heavy (non-hydrogen) atoms. The van der Waals surface area contributed by atoms with Crippen molar-refractivity contribution in [2.45, 2.75) is 77.5 Å².